The molecule has 0 N–H and O–H groups in total. The van der Waals surface area contributed by atoms with Crippen LogP contribution in [0.15, 0.2) is 48.6 Å². The minimum absolute atomic E-state index is 0.0644. The van der Waals surface area contributed by atoms with Gasteiger partial charge in [0.05, 0.1) is 7.11 Å². The second-order valence-corrected chi connectivity index (χ2v) is 11.6. The molecule has 2 aliphatic carbocycles. The fourth-order valence-electron chi connectivity index (χ4n) is 6.60. The second-order valence-electron chi connectivity index (χ2n) is 11.6. The minimum Gasteiger partial charge on any atom is -0.494 e. The summed E-state index contributed by atoms with van der Waals surface area (Å²) in [6.45, 7) is 2.30. The Balaban J connectivity index is 1.17. The van der Waals surface area contributed by atoms with Gasteiger partial charge in [0.15, 0.2) is 11.6 Å². The Labute approximate surface area is 223 Å². The van der Waals surface area contributed by atoms with Crippen molar-refractivity contribution >= 4 is 0 Å². The zero-order chi connectivity index (χ0) is 26.0. The van der Waals surface area contributed by atoms with Gasteiger partial charge in [-0.05, 0) is 111 Å². The molecule has 37 heavy (non-hydrogen) atoms. The number of allylic oxidation sites excluding steroid dienone is 2. The summed E-state index contributed by atoms with van der Waals surface area (Å²) in [7, 11) is 1.35. The fraction of sp³-hybridized carbons (Fsp3) is 0.588. The molecule has 0 unspecified atom stereocenters. The molecular formula is C34H46F2O. The maximum absolute atomic E-state index is 14.5. The number of rotatable bonds is 11. The molecule has 4 rings (SSSR count). The second kappa shape index (κ2) is 14.1. The van der Waals surface area contributed by atoms with Crippen LogP contribution in [-0.4, -0.2) is 7.11 Å². The van der Waals surface area contributed by atoms with Gasteiger partial charge < -0.3 is 4.74 Å². The van der Waals surface area contributed by atoms with Crippen molar-refractivity contribution in [1.29, 1.82) is 0 Å². The Morgan fingerprint density at radius 1 is 0.784 bits per heavy atom. The van der Waals surface area contributed by atoms with Gasteiger partial charge in [0, 0.05) is 5.56 Å². The molecule has 0 bridgehead atoms. The first kappa shape index (κ1) is 27.9. The molecule has 2 fully saturated rings. The van der Waals surface area contributed by atoms with E-state index in [0.717, 1.165) is 17.8 Å². The molecule has 2 aromatic carbocycles. The topological polar surface area (TPSA) is 9.23 Å². The molecule has 2 aromatic rings. The fourth-order valence-corrected chi connectivity index (χ4v) is 6.60. The van der Waals surface area contributed by atoms with E-state index >= 15 is 0 Å². The normalized spacial score (nSPS) is 24.4. The van der Waals surface area contributed by atoms with Crippen LogP contribution in [0.25, 0.3) is 11.1 Å². The summed E-state index contributed by atoms with van der Waals surface area (Å²) in [6.07, 6.45) is 23.9. The zero-order valence-electron chi connectivity index (χ0n) is 23.0. The van der Waals surface area contributed by atoms with E-state index in [9.17, 15) is 8.78 Å². The minimum atomic E-state index is -0.928. The molecule has 0 aliphatic heterocycles. The molecule has 1 nitrogen and oxygen atoms in total. The molecule has 0 heterocycles. The molecule has 0 aromatic heterocycles. The van der Waals surface area contributed by atoms with Crippen molar-refractivity contribution in [3.63, 3.8) is 0 Å². The summed E-state index contributed by atoms with van der Waals surface area (Å²) in [4.78, 5) is 0. The lowest BCUT2D eigenvalue weighted by molar-refractivity contribution is 0.288. The van der Waals surface area contributed by atoms with E-state index in [2.05, 4.69) is 31.2 Å². The number of hydrogen-bond acceptors (Lipinski definition) is 1. The average Bonchev–Trinajstić information content (AvgIpc) is 2.94. The van der Waals surface area contributed by atoms with Gasteiger partial charge >= 0.3 is 0 Å². The SMILES string of the molecule is CCCCCC1CCC(/C=C/CCC2CCC(c3ccc(-c4ccc(OC)c(F)c4F)cc3)CC2)CC1. The van der Waals surface area contributed by atoms with Crippen LogP contribution in [0.1, 0.15) is 108 Å². The third-order valence-electron chi connectivity index (χ3n) is 9.06. The predicted molar refractivity (Wildman–Crippen MR) is 151 cm³/mol. The van der Waals surface area contributed by atoms with Gasteiger partial charge in [0.2, 0.25) is 5.82 Å². The summed E-state index contributed by atoms with van der Waals surface area (Å²) in [5.74, 6) is 1.39. The Bertz CT molecular complexity index is 980. The maximum Gasteiger partial charge on any atom is 0.201 e. The quantitative estimate of drug-likeness (QED) is 0.217. The van der Waals surface area contributed by atoms with Gasteiger partial charge in [-0.3, -0.25) is 0 Å². The molecular weight excluding hydrogens is 462 g/mol. The third-order valence-corrected chi connectivity index (χ3v) is 9.06. The monoisotopic (exact) mass is 508 g/mol. The number of benzene rings is 2. The van der Waals surface area contributed by atoms with Crippen molar-refractivity contribution in [3.05, 3.63) is 65.7 Å². The van der Waals surface area contributed by atoms with Crippen molar-refractivity contribution in [2.24, 2.45) is 17.8 Å². The summed E-state index contributed by atoms with van der Waals surface area (Å²) >= 11 is 0. The summed E-state index contributed by atoms with van der Waals surface area (Å²) in [5.41, 5.74) is 2.30. The van der Waals surface area contributed by atoms with Gasteiger partial charge in [0.25, 0.3) is 0 Å². The van der Waals surface area contributed by atoms with Crippen LogP contribution in [0, 0.1) is 29.4 Å². The number of halogens is 2. The molecule has 2 aliphatic rings. The van der Waals surface area contributed by atoms with Crippen molar-refractivity contribution in [1.82, 2.24) is 0 Å². The van der Waals surface area contributed by atoms with Gasteiger partial charge in [0.1, 0.15) is 0 Å². The molecule has 2 saturated carbocycles. The predicted octanol–water partition coefficient (Wildman–Crippen LogP) is 10.6. The number of hydrogen-bond donors (Lipinski definition) is 0. The highest BCUT2D eigenvalue weighted by molar-refractivity contribution is 5.65. The Morgan fingerprint density at radius 2 is 1.46 bits per heavy atom. The van der Waals surface area contributed by atoms with Crippen LogP contribution < -0.4 is 4.74 Å². The number of ether oxygens (including phenoxy) is 1. The lowest BCUT2D eigenvalue weighted by Crippen LogP contribution is -2.13. The highest BCUT2D eigenvalue weighted by Gasteiger charge is 2.23. The van der Waals surface area contributed by atoms with Crippen molar-refractivity contribution in [2.75, 3.05) is 7.11 Å². The van der Waals surface area contributed by atoms with Crippen LogP contribution in [-0.2, 0) is 0 Å². The molecule has 0 radical (unpaired) electrons. The highest BCUT2D eigenvalue weighted by atomic mass is 19.2. The first-order valence-electron chi connectivity index (χ1n) is 14.9. The highest BCUT2D eigenvalue weighted by Crippen LogP contribution is 2.39. The molecule has 0 spiro atoms. The van der Waals surface area contributed by atoms with Crippen LogP contribution in [0.5, 0.6) is 5.75 Å². The first-order chi connectivity index (χ1) is 18.1. The summed E-state index contributed by atoms with van der Waals surface area (Å²) in [5, 5.41) is 0. The van der Waals surface area contributed by atoms with Crippen molar-refractivity contribution < 1.29 is 13.5 Å². The van der Waals surface area contributed by atoms with E-state index in [1.807, 2.05) is 12.1 Å². The van der Waals surface area contributed by atoms with E-state index in [1.54, 1.807) is 6.07 Å². The lowest BCUT2D eigenvalue weighted by Gasteiger charge is -2.29. The molecule has 202 valence electrons. The van der Waals surface area contributed by atoms with Gasteiger partial charge in [-0.1, -0.05) is 69.0 Å². The smallest absolute Gasteiger partial charge is 0.201 e. The van der Waals surface area contributed by atoms with Crippen LogP contribution >= 0.6 is 0 Å². The average molecular weight is 509 g/mol. The molecule has 0 atom stereocenters. The standard InChI is InChI=1S/C34H46F2O/c1-3-4-5-8-25-11-13-26(14-12-25)9-6-7-10-27-15-17-28(18-16-27)29-19-21-30(22-20-29)31-23-24-32(37-2)34(36)33(31)35/h6,9,19-28H,3-5,7-8,10-18H2,1-2H3/b9-6+. The number of methoxy groups -OCH3 is 1. The zero-order valence-corrected chi connectivity index (χ0v) is 23.0. The number of unbranched alkanes of at least 4 members (excludes halogenated alkanes) is 2. The van der Waals surface area contributed by atoms with Crippen LogP contribution in [0.3, 0.4) is 0 Å². The summed E-state index contributed by atoms with van der Waals surface area (Å²) in [6, 6.07) is 11.1. The van der Waals surface area contributed by atoms with Gasteiger partial charge in [-0.15, -0.1) is 0 Å². The Hall–Kier alpha value is -2.16. The van der Waals surface area contributed by atoms with Crippen LogP contribution in [0.2, 0.25) is 0 Å². The largest absolute Gasteiger partial charge is 0.494 e. The Morgan fingerprint density at radius 3 is 2.14 bits per heavy atom. The lowest BCUT2D eigenvalue weighted by atomic mass is 9.77. The molecule has 0 saturated heterocycles. The first-order valence-corrected chi connectivity index (χ1v) is 14.9. The maximum atomic E-state index is 14.5. The van der Waals surface area contributed by atoms with E-state index < -0.39 is 11.6 Å². The van der Waals surface area contributed by atoms with E-state index in [-0.39, 0.29) is 11.3 Å². The van der Waals surface area contributed by atoms with Crippen molar-refractivity contribution in [3.8, 4) is 16.9 Å². The van der Waals surface area contributed by atoms with Gasteiger partial charge in [-0.25, -0.2) is 4.39 Å². The molecule has 0 amide bonds. The van der Waals surface area contributed by atoms with E-state index in [4.69, 9.17) is 4.74 Å². The van der Waals surface area contributed by atoms with Crippen molar-refractivity contribution in [2.45, 2.75) is 103 Å². The van der Waals surface area contributed by atoms with E-state index in [0.29, 0.717) is 11.5 Å². The van der Waals surface area contributed by atoms with Crippen LogP contribution in [0.4, 0.5) is 8.78 Å². The molecule has 3 heteroatoms. The van der Waals surface area contributed by atoms with Gasteiger partial charge in [-0.2, -0.15) is 4.39 Å². The van der Waals surface area contributed by atoms with E-state index in [1.165, 1.54) is 109 Å². The summed E-state index contributed by atoms with van der Waals surface area (Å²) < 4.78 is 33.5. The Kier molecular flexibility index (Phi) is 10.6. The third kappa shape index (κ3) is 7.68.